The van der Waals surface area contributed by atoms with Gasteiger partial charge in [-0.3, -0.25) is 0 Å². The molecule has 0 spiro atoms. The fourth-order valence-electron chi connectivity index (χ4n) is 2.89. The fraction of sp³-hybridized carbons (Fsp3) is 0.400. The van der Waals surface area contributed by atoms with E-state index < -0.39 is 8.32 Å². The first-order valence-corrected chi connectivity index (χ1v) is 11.4. The van der Waals surface area contributed by atoms with Crippen molar-refractivity contribution in [2.75, 3.05) is 0 Å². The predicted octanol–water partition coefficient (Wildman–Crippen LogP) is 5.86. The first-order valence-electron chi connectivity index (χ1n) is 7.99. The lowest BCUT2D eigenvalue weighted by Gasteiger charge is -2.29. The van der Waals surface area contributed by atoms with Gasteiger partial charge in [0.1, 0.15) is 0 Å². The van der Waals surface area contributed by atoms with Crippen LogP contribution in [0.3, 0.4) is 0 Å². The normalized spacial score (nSPS) is 12.0. The maximum absolute atomic E-state index is 6.59. The topological polar surface area (TPSA) is 9.23 Å². The number of hydrogen-bond donors (Lipinski definition) is 0. The fourth-order valence-corrected chi connectivity index (χ4v) is 3.85. The molecule has 0 aliphatic carbocycles. The average molecular weight is 313 g/mol. The van der Waals surface area contributed by atoms with Crippen LogP contribution in [0.15, 0.2) is 36.4 Å². The van der Waals surface area contributed by atoms with E-state index in [0.29, 0.717) is 0 Å². The molecule has 0 unspecified atom stereocenters. The highest BCUT2D eigenvalue weighted by atomic mass is 28.4. The maximum Gasteiger partial charge on any atom is 0.185 e. The summed E-state index contributed by atoms with van der Waals surface area (Å²) in [5.74, 6) is 0. The second-order valence-electron chi connectivity index (χ2n) is 7.33. The molecule has 0 fully saturated rings. The van der Waals surface area contributed by atoms with Crippen molar-refractivity contribution in [3.05, 3.63) is 69.8 Å². The molecular weight excluding hydrogens is 284 g/mol. The Kier molecular flexibility index (Phi) is 4.93. The molecule has 0 heterocycles. The van der Waals surface area contributed by atoms with Crippen LogP contribution >= 0.6 is 0 Å². The van der Waals surface area contributed by atoms with E-state index in [9.17, 15) is 0 Å². The molecule has 0 N–H and O–H groups in total. The van der Waals surface area contributed by atoms with E-state index in [4.69, 9.17) is 4.43 Å². The lowest BCUT2D eigenvalue weighted by Crippen LogP contribution is -2.29. The molecule has 0 radical (unpaired) electrons. The zero-order valence-electron chi connectivity index (χ0n) is 14.9. The van der Waals surface area contributed by atoms with Gasteiger partial charge in [0.25, 0.3) is 0 Å². The van der Waals surface area contributed by atoms with Crippen LogP contribution in [0.4, 0.5) is 0 Å². The summed E-state index contributed by atoms with van der Waals surface area (Å²) in [4.78, 5) is 0. The summed E-state index contributed by atoms with van der Waals surface area (Å²) in [5.41, 5.74) is 7.80. The van der Waals surface area contributed by atoms with E-state index in [1.165, 1.54) is 33.4 Å². The molecule has 0 aliphatic heterocycles. The third-order valence-corrected chi connectivity index (χ3v) is 4.83. The van der Waals surface area contributed by atoms with Gasteiger partial charge in [0, 0.05) is 0 Å². The van der Waals surface area contributed by atoms with Crippen molar-refractivity contribution in [3.63, 3.8) is 0 Å². The summed E-state index contributed by atoms with van der Waals surface area (Å²) in [6.07, 6.45) is 0.0351. The van der Waals surface area contributed by atoms with Crippen LogP contribution in [0.2, 0.25) is 19.6 Å². The van der Waals surface area contributed by atoms with E-state index in [1.54, 1.807) is 0 Å². The van der Waals surface area contributed by atoms with Gasteiger partial charge < -0.3 is 4.43 Å². The minimum atomic E-state index is -1.66. The van der Waals surface area contributed by atoms with E-state index >= 15 is 0 Å². The Morgan fingerprint density at radius 2 is 1.14 bits per heavy atom. The monoisotopic (exact) mass is 312 g/mol. The highest BCUT2D eigenvalue weighted by molar-refractivity contribution is 6.69. The van der Waals surface area contributed by atoms with Gasteiger partial charge in [0.15, 0.2) is 8.32 Å². The Morgan fingerprint density at radius 1 is 0.727 bits per heavy atom. The second kappa shape index (κ2) is 6.39. The first-order chi connectivity index (χ1) is 10.2. The molecule has 118 valence electrons. The third-order valence-electron chi connectivity index (χ3n) is 3.89. The number of aryl methyl sites for hydroxylation is 4. The molecule has 0 amide bonds. The zero-order chi connectivity index (χ0) is 16.5. The van der Waals surface area contributed by atoms with Gasteiger partial charge in [-0.25, -0.2) is 0 Å². The van der Waals surface area contributed by atoms with Gasteiger partial charge in [-0.15, -0.1) is 0 Å². The highest BCUT2D eigenvalue weighted by Crippen LogP contribution is 2.33. The highest BCUT2D eigenvalue weighted by Gasteiger charge is 2.26. The van der Waals surface area contributed by atoms with Gasteiger partial charge in [0.05, 0.1) is 6.10 Å². The van der Waals surface area contributed by atoms with Crippen molar-refractivity contribution in [1.82, 2.24) is 0 Å². The molecule has 0 aromatic heterocycles. The minimum Gasteiger partial charge on any atom is -0.407 e. The van der Waals surface area contributed by atoms with Crippen LogP contribution in [-0.2, 0) is 4.43 Å². The molecule has 2 aromatic carbocycles. The lowest BCUT2D eigenvalue weighted by molar-refractivity contribution is 0.238. The largest absolute Gasteiger partial charge is 0.407 e. The minimum absolute atomic E-state index is 0.0351. The number of benzene rings is 2. The molecular formula is C20H28OSi. The third kappa shape index (κ3) is 4.08. The predicted molar refractivity (Wildman–Crippen MR) is 98.1 cm³/mol. The lowest BCUT2D eigenvalue weighted by atomic mass is 9.93. The summed E-state index contributed by atoms with van der Waals surface area (Å²) in [6.45, 7) is 15.4. The van der Waals surface area contributed by atoms with Crippen LogP contribution in [0, 0.1) is 27.7 Å². The van der Waals surface area contributed by atoms with Gasteiger partial charge in [-0.05, 0) is 69.6 Å². The molecule has 0 saturated heterocycles. The standard InChI is InChI=1S/C20H28OSi/c1-14-8-10-18(16(3)12-14)20(21-22(5,6)7)19-11-9-15(2)13-17(19)4/h8-13,20H,1-7H3. The van der Waals surface area contributed by atoms with Gasteiger partial charge in [-0.2, -0.15) is 0 Å². The van der Waals surface area contributed by atoms with Crippen LogP contribution in [-0.4, -0.2) is 8.32 Å². The van der Waals surface area contributed by atoms with Crippen molar-refractivity contribution in [2.45, 2.75) is 53.4 Å². The van der Waals surface area contributed by atoms with Crippen molar-refractivity contribution in [3.8, 4) is 0 Å². The van der Waals surface area contributed by atoms with E-state index in [2.05, 4.69) is 83.7 Å². The molecule has 2 aromatic rings. The number of rotatable bonds is 4. The second-order valence-corrected chi connectivity index (χ2v) is 11.8. The molecule has 22 heavy (non-hydrogen) atoms. The van der Waals surface area contributed by atoms with Crippen molar-refractivity contribution in [2.24, 2.45) is 0 Å². The van der Waals surface area contributed by atoms with Crippen molar-refractivity contribution >= 4 is 8.32 Å². The molecule has 0 bridgehead atoms. The van der Waals surface area contributed by atoms with E-state index in [1.807, 2.05) is 0 Å². The number of hydrogen-bond acceptors (Lipinski definition) is 1. The summed E-state index contributed by atoms with van der Waals surface area (Å²) >= 11 is 0. The van der Waals surface area contributed by atoms with Crippen molar-refractivity contribution in [1.29, 1.82) is 0 Å². The van der Waals surface area contributed by atoms with E-state index in [-0.39, 0.29) is 6.10 Å². The summed E-state index contributed by atoms with van der Waals surface area (Å²) < 4.78 is 6.59. The van der Waals surface area contributed by atoms with Gasteiger partial charge in [-0.1, -0.05) is 47.5 Å². The molecule has 2 heteroatoms. The summed E-state index contributed by atoms with van der Waals surface area (Å²) in [7, 11) is -1.66. The van der Waals surface area contributed by atoms with Crippen LogP contribution < -0.4 is 0 Å². The van der Waals surface area contributed by atoms with Crippen LogP contribution in [0.1, 0.15) is 39.5 Å². The Balaban J connectivity index is 2.55. The quantitative estimate of drug-likeness (QED) is 0.642. The van der Waals surface area contributed by atoms with Gasteiger partial charge in [0.2, 0.25) is 0 Å². The summed E-state index contributed by atoms with van der Waals surface area (Å²) in [6, 6.07) is 13.3. The Morgan fingerprint density at radius 3 is 1.45 bits per heavy atom. The van der Waals surface area contributed by atoms with Gasteiger partial charge >= 0.3 is 0 Å². The SMILES string of the molecule is Cc1ccc(C(O[Si](C)(C)C)c2ccc(C)cc2C)c(C)c1. The summed E-state index contributed by atoms with van der Waals surface area (Å²) in [5, 5.41) is 0. The van der Waals surface area contributed by atoms with Crippen LogP contribution in [0.25, 0.3) is 0 Å². The Hall–Kier alpha value is -1.38. The smallest absolute Gasteiger partial charge is 0.185 e. The maximum atomic E-state index is 6.59. The molecule has 1 nitrogen and oxygen atoms in total. The van der Waals surface area contributed by atoms with E-state index in [0.717, 1.165) is 0 Å². The molecule has 0 atom stereocenters. The first kappa shape index (κ1) is 17.0. The molecule has 0 aliphatic rings. The molecule has 0 saturated carbocycles. The average Bonchev–Trinajstić information content (AvgIpc) is 2.35. The zero-order valence-corrected chi connectivity index (χ0v) is 15.9. The Labute approximate surface area is 136 Å². The van der Waals surface area contributed by atoms with Crippen LogP contribution in [0.5, 0.6) is 0 Å². The molecule has 2 rings (SSSR count). The van der Waals surface area contributed by atoms with Crippen molar-refractivity contribution < 1.29 is 4.43 Å². The Bertz CT molecular complexity index is 616.